The predicted octanol–water partition coefficient (Wildman–Crippen LogP) is 4.36. The molecule has 1 N–H and O–H groups in total. The Hall–Kier alpha value is -3.87. The summed E-state index contributed by atoms with van der Waals surface area (Å²) in [4.78, 5) is 27.2. The fourth-order valence-electron chi connectivity index (χ4n) is 3.75. The number of aryl methyl sites for hydroxylation is 1. The minimum Gasteiger partial charge on any atom is -0.507 e. The molecule has 1 saturated heterocycles. The van der Waals surface area contributed by atoms with Gasteiger partial charge >= 0.3 is 0 Å². The van der Waals surface area contributed by atoms with Crippen molar-refractivity contribution in [3.05, 3.63) is 94.7 Å². The first-order valence-electron chi connectivity index (χ1n) is 9.62. The van der Waals surface area contributed by atoms with Gasteiger partial charge in [-0.05, 0) is 60.5 Å². The smallest absolute Gasteiger partial charge is 0.296 e. The Balaban J connectivity index is 1.81. The van der Waals surface area contributed by atoms with Crippen LogP contribution in [0, 0.1) is 12.7 Å². The Morgan fingerprint density at radius 2 is 1.90 bits per heavy atom. The molecule has 0 saturated carbocycles. The number of nitrogens with zero attached hydrogens (tertiary/aromatic N) is 1. The van der Waals surface area contributed by atoms with Crippen molar-refractivity contribution in [2.24, 2.45) is 0 Å². The van der Waals surface area contributed by atoms with Gasteiger partial charge in [-0.25, -0.2) is 4.39 Å². The van der Waals surface area contributed by atoms with E-state index in [1.54, 1.807) is 49.6 Å². The number of carbonyl (C=O) groups is 2. The largest absolute Gasteiger partial charge is 0.507 e. The molecule has 158 valence electrons. The number of aliphatic hydroxyl groups excluding tert-OH is 1. The summed E-state index contributed by atoms with van der Waals surface area (Å²) in [5.41, 5.74) is 1.73. The number of ketones is 1. The van der Waals surface area contributed by atoms with E-state index in [0.29, 0.717) is 22.6 Å². The summed E-state index contributed by atoms with van der Waals surface area (Å²) in [7, 11) is 1.54. The lowest BCUT2D eigenvalue weighted by atomic mass is 9.98. The second kappa shape index (κ2) is 8.10. The van der Waals surface area contributed by atoms with Crippen LogP contribution < -0.4 is 4.74 Å². The highest BCUT2D eigenvalue weighted by molar-refractivity contribution is 6.46. The first-order chi connectivity index (χ1) is 14.9. The van der Waals surface area contributed by atoms with Crippen molar-refractivity contribution in [2.45, 2.75) is 19.5 Å². The summed E-state index contributed by atoms with van der Waals surface area (Å²) >= 11 is 0. The Morgan fingerprint density at radius 1 is 1.16 bits per heavy atom. The SMILES string of the molecule is COc1ccc(/C(O)=C2/C(=O)C(=O)N(Cc3ccc(F)cc3)C2c2ccco2)cc1C. The predicted molar refractivity (Wildman–Crippen MR) is 111 cm³/mol. The number of carbonyl (C=O) groups excluding carboxylic acids is 2. The van der Waals surface area contributed by atoms with Crippen LogP contribution in [0.15, 0.2) is 70.9 Å². The highest BCUT2D eigenvalue weighted by Gasteiger charge is 2.47. The van der Waals surface area contributed by atoms with Crippen LogP contribution in [0.2, 0.25) is 0 Å². The summed E-state index contributed by atoms with van der Waals surface area (Å²) in [5.74, 6) is -1.30. The fourth-order valence-corrected chi connectivity index (χ4v) is 3.75. The molecule has 2 aromatic carbocycles. The van der Waals surface area contributed by atoms with Crippen molar-refractivity contribution in [2.75, 3.05) is 7.11 Å². The van der Waals surface area contributed by atoms with Gasteiger partial charge in [-0.15, -0.1) is 0 Å². The van der Waals surface area contributed by atoms with Gasteiger partial charge in [0.1, 0.15) is 29.1 Å². The van der Waals surface area contributed by atoms with E-state index < -0.39 is 23.5 Å². The number of likely N-dealkylation sites (tertiary alicyclic amines) is 1. The molecule has 1 aliphatic rings. The van der Waals surface area contributed by atoms with Crippen LogP contribution in [-0.4, -0.2) is 28.8 Å². The maximum absolute atomic E-state index is 13.3. The summed E-state index contributed by atoms with van der Waals surface area (Å²) < 4.78 is 24.0. The van der Waals surface area contributed by atoms with E-state index in [0.717, 1.165) is 5.56 Å². The number of hydrogen-bond donors (Lipinski definition) is 1. The molecule has 31 heavy (non-hydrogen) atoms. The molecule has 7 heteroatoms. The lowest BCUT2D eigenvalue weighted by Gasteiger charge is -2.23. The molecule has 1 amide bonds. The number of amides is 1. The molecule has 1 aromatic heterocycles. The molecule has 2 heterocycles. The zero-order valence-corrected chi connectivity index (χ0v) is 17.0. The summed E-state index contributed by atoms with van der Waals surface area (Å²) in [6.45, 7) is 1.86. The lowest BCUT2D eigenvalue weighted by molar-refractivity contribution is -0.140. The van der Waals surface area contributed by atoms with E-state index in [2.05, 4.69) is 0 Å². The Morgan fingerprint density at radius 3 is 2.52 bits per heavy atom. The number of aliphatic hydroxyl groups is 1. The standard InChI is InChI=1S/C24H20FNO5/c1-14-12-16(7-10-18(14)30-2)22(27)20-21(19-4-3-11-31-19)26(24(29)23(20)28)13-15-5-8-17(25)9-6-15/h3-12,21,27H,13H2,1-2H3/b22-20-. The van der Waals surface area contributed by atoms with Crippen molar-refractivity contribution in [3.63, 3.8) is 0 Å². The van der Waals surface area contributed by atoms with Gasteiger partial charge in [-0.2, -0.15) is 0 Å². The van der Waals surface area contributed by atoms with E-state index >= 15 is 0 Å². The van der Waals surface area contributed by atoms with Crippen molar-refractivity contribution >= 4 is 17.4 Å². The third kappa shape index (κ3) is 3.70. The van der Waals surface area contributed by atoms with Gasteiger partial charge in [0.05, 0.1) is 18.9 Å². The number of hydrogen-bond acceptors (Lipinski definition) is 5. The van der Waals surface area contributed by atoms with Gasteiger partial charge in [0.2, 0.25) is 0 Å². The van der Waals surface area contributed by atoms with Crippen molar-refractivity contribution < 1.29 is 28.2 Å². The van der Waals surface area contributed by atoms with Crippen LogP contribution in [0.25, 0.3) is 5.76 Å². The summed E-state index contributed by atoms with van der Waals surface area (Å²) in [6.07, 6.45) is 1.44. The molecule has 1 atom stereocenters. The minimum atomic E-state index is -0.914. The number of rotatable bonds is 5. The van der Waals surface area contributed by atoms with E-state index in [4.69, 9.17) is 9.15 Å². The van der Waals surface area contributed by atoms with Gasteiger partial charge < -0.3 is 19.2 Å². The topological polar surface area (TPSA) is 80.0 Å². The van der Waals surface area contributed by atoms with Crippen molar-refractivity contribution in [1.29, 1.82) is 0 Å². The van der Waals surface area contributed by atoms with Gasteiger partial charge in [-0.1, -0.05) is 12.1 Å². The van der Waals surface area contributed by atoms with E-state index in [1.165, 1.54) is 23.3 Å². The van der Waals surface area contributed by atoms with Crippen LogP contribution in [0.1, 0.15) is 28.5 Å². The molecule has 1 aliphatic heterocycles. The van der Waals surface area contributed by atoms with Gasteiger partial charge in [-0.3, -0.25) is 9.59 Å². The Kier molecular flexibility index (Phi) is 5.33. The van der Waals surface area contributed by atoms with Crippen molar-refractivity contribution in [3.8, 4) is 5.75 Å². The Bertz CT molecular complexity index is 1170. The van der Waals surface area contributed by atoms with E-state index in [1.807, 2.05) is 6.92 Å². The Labute approximate surface area is 178 Å². The molecular weight excluding hydrogens is 401 g/mol. The molecule has 3 aromatic rings. The molecule has 1 fully saturated rings. The van der Waals surface area contributed by atoms with Crippen LogP contribution >= 0.6 is 0 Å². The molecule has 0 radical (unpaired) electrons. The normalized spacial score (nSPS) is 17.9. The average molecular weight is 421 g/mol. The highest BCUT2D eigenvalue weighted by atomic mass is 19.1. The number of methoxy groups -OCH3 is 1. The van der Waals surface area contributed by atoms with Crippen LogP contribution in [0.3, 0.4) is 0 Å². The lowest BCUT2D eigenvalue weighted by Crippen LogP contribution is -2.29. The zero-order chi connectivity index (χ0) is 22.1. The molecule has 4 rings (SSSR count). The quantitative estimate of drug-likeness (QED) is 0.376. The van der Waals surface area contributed by atoms with Crippen LogP contribution in [0.4, 0.5) is 4.39 Å². The number of ether oxygens (including phenoxy) is 1. The molecule has 0 aliphatic carbocycles. The van der Waals surface area contributed by atoms with Gasteiger partial charge in [0, 0.05) is 12.1 Å². The molecule has 1 unspecified atom stereocenters. The number of Topliss-reactive ketones (excluding diaryl/α,β-unsaturated/α-hetero) is 1. The summed E-state index contributed by atoms with van der Waals surface area (Å²) in [6, 6.07) is 13.0. The number of benzene rings is 2. The van der Waals surface area contributed by atoms with Crippen LogP contribution in [-0.2, 0) is 16.1 Å². The summed E-state index contributed by atoms with van der Waals surface area (Å²) in [5, 5.41) is 11.0. The highest BCUT2D eigenvalue weighted by Crippen LogP contribution is 2.40. The minimum absolute atomic E-state index is 0.0502. The third-order valence-corrected chi connectivity index (χ3v) is 5.29. The van der Waals surface area contributed by atoms with E-state index in [-0.39, 0.29) is 17.9 Å². The number of furan rings is 1. The fraction of sp³-hybridized carbons (Fsp3) is 0.167. The number of halogens is 1. The first kappa shape index (κ1) is 20.4. The van der Waals surface area contributed by atoms with Gasteiger partial charge in [0.25, 0.3) is 11.7 Å². The zero-order valence-electron chi connectivity index (χ0n) is 17.0. The second-order valence-corrected chi connectivity index (χ2v) is 7.25. The molecule has 0 bridgehead atoms. The van der Waals surface area contributed by atoms with Crippen molar-refractivity contribution in [1.82, 2.24) is 4.90 Å². The second-order valence-electron chi connectivity index (χ2n) is 7.25. The first-order valence-corrected chi connectivity index (χ1v) is 9.62. The maximum Gasteiger partial charge on any atom is 0.296 e. The van der Waals surface area contributed by atoms with Gasteiger partial charge in [0.15, 0.2) is 0 Å². The van der Waals surface area contributed by atoms with E-state index in [9.17, 15) is 19.1 Å². The average Bonchev–Trinajstić information content (AvgIpc) is 3.37. The monoisotopic (exact) mass is 421 g/mol. The molecular formula is C24H20FNO5. The van der Waals surface area contributed by atoms with Crippen LogP contribution in [0.5, 0.6) is 5.75 Å². The molecule has 6 nitrogen and oxygen atoms in total. The molecule has 0 spiro atoms. The third-order valence-electron chi connectivity index (χ3n) is 5.29. The maximum atomic E-state index is 13.3.